The molecule has 1 aromatic rings. The molecule has 0 unspecified atom stereocenters. The molecule has 1 fully saturated rings. The number of likely N-dealkylation sites (N-methyl/N-ethyl adjacent to an activating group) is 1. The number of carbonyl (C=O) groups is 1. The summed E-state index contributed by atoms with van der Waals surface area (Å²) in [6, 6.07) is 10.6. The molecule has 1 aliphatic carbocycles. The van der Waals surface area contributed by atoms with Crippen molar-refractivity contribution >= 4 is 11.9 Å². The highest BCUT2D eigenvalue weighted by atomic mass is 16.2. The normalized spacial score (nSPS) is 15.8. The molecule has 1 amide bonds. The fourth-order valence-corrected chi connectivity index (χ4v) is 3.09. The maximum Gasteiger partial charge on any atom is 0.242 e. The molecular weight excluding hydrogens is 300 g/mol. The Kier molecular flexibility index (Phi) is 7.59. The van der Waals surface area contributed by atoms with Gasteiger partial charge in [0.2, 0.25) is 5.91 Å². The van der Waals surface area contributed by atoms with Gasteiger partial charge in [0.15, 0.2) is 5.96 Å². The van der Waals surface area contributed by atoms with Crippen LogP contribution in [0.4, 0.5) is 0 Å². The molecule has 1 aromatic carbocycles. The number of aliphatic imine (C=N–C) groups is 1. The molecule has 0 radical (unpaired) electrons. The Morgan fingerprint density at radius 3 is 2.54 bits per heavy atom. The van der Waals surface area contributed by atoms with Crippen LogP contribution < -0.4 is 10.6 Å². The monoisotopic (exact) mass is 330 g/mol. The minimum Gasteiger partial charge on any atom is -0.354 e. The highest BCUT2D eigenvalue weighted by molar-refractivity contribution is 5.86. The predicted molar refractivity (Wildman–Crippen MR) is 98.9 cm³/mol. The third-order valence-electron chi connectivity index (χ3n) is 4.53. The molecule has 24 heavy (non-hydrogen) atoms. The van der Waals surface area contributed by atoms with Gasteiger partial charge in [-0.05, 0) is 25.3 Å². The summed E-state index contributed by atoms with van der Waals surface area (Å²) in [7, 11) is 1.75. The van der Waals surface area contributed by atoms with Gasteiger partial charge in [0.1, 0.15) is 0 Å². The minimum atomic E-state index is 0.0907. The molecule has 5 heteroatoms. The van der Waals surface area contributed by atoms with Gasteiger partial charge in [-0.2, -0.15) is 0 Å². The Balaban J connectivity index is 1.80. The van der Waals surface area contributed by atoms with Crippen LogP contribution in [0.15, 0.2) is 35.3 Å². The lowest BCUT2D eigenvalue weighted by atomic mass is 9.96. The van der Waals surface area contributed by atoms with Crippen molar-refractivity contribution in [2.24, 2.45) is 4.99 Å². The number of nitrogens with one attached hydrogen (secondary N) is 2. The van der Waals surface area contributed by atoms with Crippen molar-refractivity contribution in [3.8, 4) is 0 Å². The van der Waals surface area contributed by atoms with E-state index in [4.69, 9.17) is 0 Å². The quantitative estimate of drug-likeness (QED) is 0.622. The lowest BCUT2D eigenvalue weighted by molar-refractivity contribution is -0.130. The second-order valence-electron chi connectivity index (χ2n) is 6.30. The van der Waals surface area contributed by atoms with Gasteiger partial charge in [-0.25, -0.2) is 0 Å². The Bertz CT molecular complexity index is 523. The van der Waals surface area contributed by atoms with Crippen LogP contribution in [0.3, 0.4) is 0 Å². The van der Waals surface area contributed by atoms with Crippen molar-refractivity contribution in [1.29, 1.82) is 0 Å². The van der Waals surface area contributed by atoms with Gasteiger partial charge in [-0.3, -0.25) is 9.79 Å². The number of nitrogens with zero attached hydrogens (tertiary/aromatic N) is 2. The van der Waals surface area contributed by atoms with Crippen LogP contribution in [-0.4, -0.2) is 42.9 Å². The highest BCUT2D eigenvalue weighted by Gasteiger charge is 2.16. The lowest BCUT2D eigenvalue weighted by Gasteiger charge is -2.26. The number of hydrogen-bond donors (Lipinski definition) is 2. The maximum atomic E-state index is 12.5. The summed E-state index contributed by atoms with van der Waals surface area (Å²) < 4.78 is 0. The van der Waals surface area contributed by atoms with E-state index >= 15 is 0 Å². The van der Waals surface area contributed by atoms with Crippen LogP contribution in [0.1, 0.15) is 44.6 Å². The van der Waals surface area contributed by atoms with Crippen LogP contribution in [0.5, 0.6) is 0 Å². The largest absolute Gasteiger partial charge is 0.354 e. The van der Waals surface area contributed by atoms with E-state index in [9.17, 15) is 4.79 Å². The van der Waals surface area contributed by atoms with Crippen molar-refractivity contribution in [2.75, 3.05) is 20.1 Å². The first kappa shape index (κ1) is 18.3. The Hall–Kier alpha value is -2.04. The molecular formula is C19H30N4O. The molecule has 0 atom stereocenters. The van der Waals surface area contributed by atoms with E-state index in [0.717, 1.165) is 11.5 Å². The van der Waals surface area contributed by atoms with Gasteiger partial charge >= 0.3 is 0 Å². The van der Waals surface area contributed by atoms with Crippen molar-refractivity contribution < 1.29 is 4.79 Å². The van der Waals surface area contributed by atoms with E-state index in [2.05, 4.69) is 15.6 Å². The summed E-state index contributed by atoms with van der Waals surface area (Å²) in [5.74, 6) is 0.818. The van der Waals surface area contributed by atoms with Crippen molar-refractivity contribution in [3.05, 3.63) is 35.9 Å². The SMILES string of the molecule is CCN(Cc1ccccc1)C(=O)CNC(=NC)NC1CCCCC1. The van der Waals surface area contributed by atoms with E-state index in [1.807, 2.05) is 42.2 Å². The van der Waals surface area contributed by atoms with Crippen LogP contribution in [-0.2, 0) is 11.3 Å². The van der Waals surface area contributed by atoms with Crippen LogP contribution in [0, 0.1) is 0 Å². The lowest BCUT2D eigenvalue weighted by Crippen LogP contribution is -2.47. The summed E-state index contributed by atoms with van der Waals surface area (Å²) in [4.78, 5) is 18.6. The topological polar surface area (TPSA) is 56.7 Å². The fraction of sp³-hybridized carbons (Fsp3) is 0.579. The zero-order chi connectivity index (χ0) is 17.2. The Labute approximate surface area is 145 Å². The Morgan fingerprint density at radius 1 is 1.21 bits per heavy atom. The molecule has 0 aromatic heterocycles. The summed E-state index contributed by atoms with van der Waals surface area (Å²) >= 11 is 0. The molecule has 0 spiro atoms. The minimum absolute atomic E-state index is 0.0907. The van der Waals surface area contributed by atoms with Crippen LogP contribution in [0.2, 0.25) is 0 Å². The standard InChI is InChI=1S/C19H30N4O/c1-3-23(15-16-10-6-4-7-11-16)18(24)14-21-19(20-2)22-17-12-8-5-9-13-17/h4,6-7,10-11,17H,3,5,8-9,12-15H2,1-2H3,(H2,20,21,22). The highest BCUT2D eigenvalue weighted by Crippen LogP contribution is 2.17. The summed E-state index contributed by atoms with van der Waals surface area (Å²) in [5.41, 5.74) is 1.15. The smallest absolute Gasteiger partial charge is 0.242 e. The van der Waals surface area contributed by atoms with E-state index in [-0.39, 0.29) is 12.5 Å². The molecule has 132 valence electrons. The van der Waals surface area contributed by atoms with E-state index in [0.29, 0.717) is 19.1 Å². The average Bonchev–Trinajstić information content (AvgIpc) is 2.64. The molecule has 0 heterocycles. The van der Waals surface area contributed by atoms with Gasteiger partial charge in [0, 0.05) is 26.2 Å². The average molecular weight is 330 g/mol. The molecule has 5 nitrogen and oxygen atoms in total. The van der Waals surface area contributed by atoms with Crippen LogP contribution in [0.25, 0.3) is 0 Å². The summed E-state index contributed by atoms with van der Waals surface area (Å²) in [6.45, 7) is 3.62. The molecule has 0 saturated heterocycles. The van der Waals surface area contributed by atoms with Gasteiger partial charge < -0.3 is 15.5 Å². The van der Waals surface area contributed by atoms with E-state index in [1.165, 1.54) is 32.1 Å². The van der Waals surface area contributed by atoms with Gasteiger partial charge in [-0.15, -0.1) is 0 Å². The zero-order valence-electron chi connectivity index (χ0n) is 14.9. The fourth-order valence-electron chi connectivity index (χ4n) is 3.09. The zero-order valence-corrected chi connectivity index (χ0v) is 14.9. The first-order valence-corrected chi connectivity index (χ1v) is 9.01. The van der Waals surface area contributed by atoms with Crippen LogP contribution >= 0.6 is 0 Å². The first-order chi connectivity index (χ1) is 11.7. The van der Waals surface area contributed by atoms with E-state index in [1.54, 1.807) is 7.05 Å². The second-order valence-corrected chi connectivity index (χ2v) is 6.30. The molecule has 0 aliphatic heterocycles. The number of hydrogen-bond acceptors (Lipinski definition) is 2. The molecule has 1 saturated carbocycles. The van der Waals surface area contributed by atoms with Gasteiger partial charge in [-0.1, -0.05) is 49.6 Å². The molecule has 2 rings (SSSR count). The van der Waals surface area contributed by atoms with Crippen molar-refractivity contribution in [3.63, 3.8) is 0 Å². The predicted octanol–water partition coefficient (Wildman–Crippen LogP) is 2.53. The van der Waals surface area contributed by atoms with Crippen molar-refractivity contribution in [2.45, 2.75) is 51.6 Å². The number of carbonyl (C=O) groups excluding carboxylic acids is 1. The second kappa shape index (κ2) is 9.96. The number of benzene rings is 1. The third kappa shape index (κ3) is 5.87. The summed E-state index contributed by atoms with van der Waals surface area (Å²) in [5, 5.41) is 6.60. The van der Waals surface area contributed by atoms with Gasteiger partial charge in [0.25, 0.3) is 0 Å². The van der Waals surface area contributed by atoms with Crippen molar-refractivity contribution in [1.82, 2.24) is 15.5 Å². The number of amides is 1. The number of guanidine groups is 1. The molecule has 0 bridgehead atoms. The van der Waals surface area contributed by atoms with Gasteiger partial charge in [0.05, 0.1) is 6.54 Å². The maximum absolute atomic E-state index is 12.5. The first-order valence-electron chi connectivity index (χ1n) is 9.01. The molecule has 2 N–H and O–H groups in total. The van der Waals surface area contributed by atoms with E-state index < -0.39 is 0 Å². The number of rotatable bonds is 6. The summed E-state index contributed by atoms with van der Waals surface area (Å²) in [6.07, 6.45) is 6.24. The molecule has 1 aliphatic rings. The third-order valence-corrected chi connectivity index (χ3v) is 4.53. The Morgan fingerprint density at radius 2 is 1.92 bits per heavy atom.